The summed E-state index contributed by atoms with van der Waals surface area (Å²) in [5, 5.41) is 36.9. The van der Waals surface area contributed by atoms with E-state index in [1.54, 1.807) is 109 Å². The highest BCUT2D eigenvalue weighted by atomic mass is 16.6. The van der Waals surface area contributed by atoms with Crippen molar-refractivity contribution < 1.29 is 114 Å². The molecule has 130 heavy (non-hydrogen) atoms. The standard InChI is InChI=1S/C47H47N5O13.C38H42N2O10.C9H5N3O3/c53-36-13-12-34-27-41(47(58)65-42(34)28-36)52-29-35(49-50-52)31-63-37-14-10-32(11-15-37)26-40(46(57)64-30-33-6-2-1-3-7-33)48-43(54)16-18-59-20-22-61-24-25-62-23-21-60-19-17-51-44(55)38-8-4-5-9-39(38)45(51)56;1-2-18-49-31-14-12-29(13-15-31)27-34(38(44)50-28-30-8-4-3-5-9-30)39-35(41)16-19-45-21-23-47-25-26-48-24-22-46-20-17-40-36(42)32-10-6-7-11-33(32)37(40)43;10-12-11-7-3-5-1-2-6(13)4-8(5)15-9(7)14/h1-15,27-29,40,53H,16-26,30-31H2,(H,48,54);1,3-15,34H,16-28H2,(H,39,41);1-4,13H/t40-;34-;/m00./s1. The van der Waals surface area contributed by atoms with Crippen molar-refractivity contribution in [3.8, 4) is 41.0 Å². The predicted octanol–water partition coefficient (Wildman–Crippen LogP) is 9.84. The van der Waals surface area contributed by atoms with E-state index in [0.29, 0.717) is 110 Å². The fourth-order valence-electron chi connectivity index (χ4n) is 12.8. The molecule has 36 nitrogen and oxygen atoms in total. The van der Waals surface area contributed by atoms with Gasteiger partial charge in [-0.3, -0.25) is 38.6 Å². The highest BCUT2D eigenvalue weighted by molar-refractivity contribution is 6.22. The minimum atomic E-state index is -0.975. The lowest BCUT2D eigenvalue weighted by atomic mass is 10.1. The summed E-state index contributed by atoms with van der Waals surface area (Å²) in [5.41, 5.74) is 12.6. The van der Waals surface area contributed by atoms with Crippen molar-refractivity contribution in [3.63, 3.8) is 0 Å². The van der Waals surface area contributed by atoms with Crippen molar-refractivity contribution in [2.45, 2.75) is 57.6 Å². The number of phenolic OH excluding ortho intramolecular Hbond substituents is 2. The Hall–Kier alpha value is -14.8. The summed E-state index contributed by atoms with van der Waals surface area (Å²) in [7, 11) is 0. The third kappa shape index (κ3) is 29.9. The Morgan fingerprint density at radius 2 is 0.831 bits per heavy atom. The van der Waals surface area contributed by atoms with E-state index in [1.807, 2.05) is 72.8 Å². The number of benzene rings is 8. The summed E-state index contributed by atoms with van der Waals surface area (Å²) < 4.78 is 78.0. The van der Waals surface area contributed by atoms with Crippen LogP contribution in [0.2, 0.25) is 0 Å². The van der Waals surface area contributed by atoms with Gasteiger partial charge in [-0.25, -0.2) is 23.9 Å². The Morgan fingerprint density at radius 1 is 0.446 bits per heavy atom. The highest BCUT2D eigenvalue weighted by Gasteiger charge is 2.36. The van der Waals surface area contributed by atoms with Crippen LogP contribution in [-0.2, 0) is 99.2 Å². The average molecular weight is 1780 g/mol. The molecule has 676 valence electrons. The van der Waals surface area contributed by atoms with E-state index in [9.17, 15) is 53.1 Å². The van der Waals surface area contributed by atoms with E-state index in [4.69, 9.17) is 82.7 Å². The summed E-state index contributed by atoms with van der Waals surface area (Å²) in [6.45, 7) is 5.10. The number of nitrogens with one attached hydrogen (secondary N) is 2. The summed E-state index contributed by atoms with van der Waals surface area (Å²) in [6.07, 6.45) is 7.23. The molecule has 11 aromatic rings. The van der Waals surface area contributed by atoms with Crippen molar-refractivity contribution in [2.75, 3.05) is 125 Å². The zero-order chi connectivity index (χ0) is 91.6. The lowest BCUT2D eigenvalue weighted by Gasteiger charge is -2.18. The van der Waals surface area contributed by atoms with Gasteiger partial charge in [0.1, 0.15) is 84.1 Å². The van der Waals surface area contributed by atoms with Gasteiger partial charge in [0.25, 0.3) is 23.6 Å². The van der Waals surface area contributed by atoms with Gasteiger partial charge < -0.3 is 86.5 Å². The number of hydrogen-bond donors (Lipinski definition) is 4. The quantitative estimate of drug-likeness (QED) is 0.00402. The number of aromatic nitrogens is 3. The predicted molar refractivity (Wildman–Crippen MR) is 467 cm³/mol. The summed E-state index contributed by atoms with van der Waals surface area (Å²) in [5.74, 6) is 0.404. The number of fused-ring (bicyclic) bond motifs is 4. The molecular weight excluding hydrogens is 1690 g/mol. The first-order chi connectivity index (χ1) is 63.4. The molecule has 8 aromatic carbocycles. The molecule has 2 atom stereocenters. The van der Waals surface area contributed by atoms with E-state index in [2.05, 4.69) is 36.9 Å². The molecule has 5 heterocycles. The number of phenols is 2. The second-order valence-electron chi connectivity index (χ2n) is 28.5. The number of imide groups is 2. The van der Waals surface area contributed by atoms with Crippen molar-refractivity contribution in [3.05, 3.63) is 294 Å². The van der Waals surface area contributed by atoms with Crippen LogP contribution in [0.15, 0.2) is 236 Å². The number of esters is 2. The van der Waals surface area contributed by atoms with Crippen LogP contribution in [-0.4, -0.2) is 220 Å². The van der Waals surface area contributed by atoms with Crippen LogP contribution in [0.3, 0.4) is 0 Å². The van der Waals surface area contributed by atoms with Crippen molar-refractivity contribution in [1.82, 2.24) is 35.4 Å². The third-order valence-corrected chi connectivity index (χ3v) is 19.3. The van der Waals surface area contributed by atoms with Crippen molar-refractivity contribution in [1.29, 1.82) is 0 Å². The van der Waals surface area contributed by atoms with E-state index >= 15 is 0 Å². The molecule has 6 amide bonds. The van der Waals surface area contributed by atoms with E-state index in [0.717, 1.165) is 22.3 Å². The van der Waals surface area contributed by atoms with Gasteiger partial charge in [0.05, 0.1) is 147 Å². The van der Waals surface area contributed by atoms with Gasteiger partial charge in [-0.1, -0.05) is 125 Å². The van der Waals surface area contributed by atoms with Gasteiger partial charge in [-0.15, -0.1) is 11.5 Å². The number of ether oxygens (including phenoxy) is 12. The molecule has 4 N–H and O–H groups in total. The Morgan fingerprint density at radius 3 is 1.25 bits per heavy atom. The van der Waals surface area contributed by atoms with Crippen LogP contribution in [0.1, 0.15) is 82.2 Å². The minimum Gasteiger partial charge on any atom is -0.508 e. The maximum Gasteiger partial charge on any atom is 0.362 e. The highest BCUT2D eigenvalue weighted by Crippen LogP contribution is 2.27. The van der Waals surface area contributed by atoms with Gasteiger partial charge in [-0.2, -0.15) is 0 Å². The van der Waals surface area contributed by atoms with Gasteiger partial charge in [0.15, 0.2) is 5.69 Å². The molecule has 0 unspecified atom stereocenters. The van der Waals surface area contributed by atoms with Gasteiger partial charge in [-0.05, 0) is 113 Å². The average Bonchev–Trinajstić information content (AvgIpc) is 1.56. The molecule has 0 fully saturated rings. The lowest BCUT2D eigenvalue weighted by molar-refractivity contribution is -0.149. The largest absolute Gasteiger partial charge is 0.508 e. The molecule has 2 aliphatic rings. The van der Waals surface area contributed by atoms with E-state index < -0.39 is 35.3 Å². The SMILES string of the molecule is C#CCOc1ccc(C[C@H](NC(=O)CCOCCOCCOCCOCCN2C(=O)c3ccccc3C2=O)C(=O)OCc2ccccc2)cc1.O=C(CCOCCOCCOCCOCCN1C(=O)c2ccccc2C1=O)N[C@@H](Cc1ccc(OCc2cn(-c3cc4ccc(O)cc4oc3=O)nn2)cc1)C(=O)OCc1ccccc1.[N-]=[N+]=Nc1cc2ccc(O)cc2oc1=O. The molecule has 0 bridgehead atoms. The topological polar surface area (TPSA) is 458 Å². The molecule has 0 aliphatic carbocycles. The Balaban J connectivity index is 0.000000221. The Labute approximate surface area is 744 Å². The summed E-state index contributed by atoms with van der Waals surface area (Å²) >= 11 is 0. The monoisotopic (exact) mass is 1780 g/mol. The fourth-order valence-corrected chi connectivity index (χ4v) is 12.8. The van der Waals surface area contributed by atoms with Gasteiger partial charge in [0, 0.05) is 53.5 Å². The maximum atomic E-state index is 13.3. The van der Waals surface area contributed by atoms with Crippen molar-refractivity contribution >= 4 is 75.0 Å². The second kappa shape index (κ2) is 51.1. The van der Waals surface area contributed by atoms with Gasteiger partial charge >= 0.3 is 23.2 Å². The number of aromatic hydroxyl groups is 2. The molecule has 0 radical (unpaired) electrons. The van der Waals surface area contributed by atoms with Gasteiger partial charge in [0.2, 0.25) is 11.8 Å². The second-order valence-corrected chi connectivity index (χ2v) is 28.5. The Bertz CT molecular complexity index is 5770. The molecule has 13 rings (SSSR count). The molecule has 0 spiro atoms. The smallest absolute Gasteiger partial charge is 0.362 e. The number of hydrogen-bond acceptors (Lipinski definition) is 29. The van der Waals surface area contributed by atoms with E-state index in [1.165, 1.54) is 44.8 Å². The number of carbonyl (C=O) groups is 8. The van der Waals surface area contributed by atoms with Crippen LogP contribution >= 0.6 is 0 Å². The van der Waals surface area contributed by atoms with Crippen molar-refractivity contribution in [2.24, 2.45) is 5.11 Å². The number of terminal acetylenes is 1. The first-order valence-corrected chi connectivity index (χ1v) is 41.3. The molecule has 3 aromatic heterocycles. The third-order valence-electron chi connectivity index (χ3n) is 19.3. The fraction of sp³-hybridized carbons (Fsp3) is 0.298. The normalized spacial score (nSPS) is 12.3. The lowest BCUT2D eigenvalue weighted by Crippen LogP contribution is -2.43. The molecule has 2 aliphatic heterocycles. The Kier molecular flexibility index (Phi) is 37.7. The van der Waals surface area contributed by atoms with Crippen LogP contribution in [0.4, 0.5) is 5.69 Å². The molecule has 36 heteroatoms. The minimum absolute atomic E-state index is 0.00202. The van der Waals surface area contributed by atoms with Crippen LogP contribution in [0, 0.1) is 12.3 Å². The number of nitrogens with zero attached hydrogens (tertiary/aromatic N) is 8. The number of rotatable bonds is 49. The number of carbonyl (C=O) groups excluding carboxylic acids is 8. The van der Waals surface area contributed by atoms with E-state index in [-0.39, 0.29) is 181 Å². The zero-order valence-electron chi connectivity index (χ0n) is 70.6. The molecular formula is C94H94N10O26. The van der Waals surface area contributed by atoms with Crippen LogP contribution in [0.25, 0.3) is 38.1 Å². The summed E-state index contributed by atoms with van der Waals surface area (Å²) in [4.78, 5) is 130. The summed E-state index contributed by atoms with van der Waals surface area (Å²) in [6, 6.07) is 56.1. The molecule has 0 saturated heterocycles. The number of amides is 6. The number of azide groups is 1. The first-order valence-electron chi connectivity index (χ1n) is 41.3. The first kappa shape index (κ1) is 95.9. The van der Waals surface area contributed by atoms with Crippen LogP contribution < -0.4 is 31.4 Å². The zero-order valence-corrected chi connectivity index (χ0v) is 70.6. The maximum absolute atomic E-state index is 13.3. The molecule has 0 saturated carbocycles. The van der Waals surface area contributed by atoms with Crippen LogP contribution in [0.5, 0.6) is 23.0 Å².